The van der Waals surface area contributed by atoms with E-state index in [2.05, 4.69) is 124 Å². The Morgan fingerprint density at radius 3 is 2.51 bits per heavy atom. The second kappa shape index (κ2) is 15.1. The predicted molar refractivity (Wildman–Crippen MR) is 181 cm³/mol. The standard InChI is InChI=1S/C41H43N.U/c1-6-8-19-31(3)32(21-18-22-35(7-2)42(4)5)26-27-34-30-33-20-12-13-23-36(33)39-37-24-14-15-25-38(37)41(40(34)39)28-16-10-9-11-17-29-41;/h6,8,12-13,15,18-23,25-27H,1,3,7,9-11,16-17,28-29H2,2,4-5H3;/q-2;+2/b19-8-,21-18+,27-26-,35-22+;. The Labute approximate surface area is 284 Å². The van der Waals surface area contributed by atoms with E-state index in [1.807, 2.05) is 12.2 Å². The minimum Gasteiger partial charge on any atom is -0.381 e. The van der Waals surface area contributed by atoms with Gasteiger partial charge in [-0.05, 0) is 42.4 Å². The van der Waals surface area contributed by atoms with E-state index in [-0.39, 0.29) is 36.5 Å². The molecule has 1 spiro atoms. The molecule has 0 bridgehead atoms. The average Bonchev–Trinajstić information content (AvgIpc) is 3.28. The molecule has 5 rings (SSSR count). The van der Waals surface area contributed by atoms with Crippen LogP contribution < -0.4 is 0 Å². The fourth-order valence-electron chi connectivity index (χ4n) is 6.89. The second-order valence-corrected chi connectivity index (χ2v) is 11.7. The van der Waals surface area contributed by atoms with Crippen LogP contribution in [-0.4, -0.2) is 19.0 Å². The van der Waals surface area contributed by atoms with Crippen molar-refractivity contribution in [2.24, 2.45) is 0 Å². The van der Waals surface area contributed by atoms with E-state index in [4.69, 9.17) is 0 Å². The van der Waals surface area contributed by atoms with E-state index >= 15 is 0 Å². The third-order valence-electron chi connectivity index (χ3n) is 8.97. The Bertz CT molecular complexity index is 1560. The minimum atomic E-state index is -0.0167. The number of fused-ring (bicyclic) bond motifs is 7. The van der Waals surface area contributed by atoms with Crippen molar-refractivity contribution in [3.05, 3.63) is 144 Å². The normalized spacial score (nSPS) is 16.0. The van der Waals surface area contributed by atoms with Crippen molar-refractivity contribution in [3.63, 3.8) is 0 Å². The summed E-state index contributed by atoms with van der Waals surface area (Å²) in [5, 5.41) is 2.41. The molecule has 3 aromatic carbocycles. The fourth-order valence-corrected chi connectivity index (χ4v) is 6.89. The third kappa shape index (κ3) is 6.86. The number of hydrogen-bond acceptors (Lipinski definition) is 1. The van der Waals surface area contributed by atoms with Gasteiger partial charge in [-0.1, -0.05) is 117 Å². The first-order valence-electron chi connectivity index (χ1n) is 15.5. The molecule has 1 fully saturated rings. The first-order valence-corrected chi connectivity index (χ1v) is 15.5. The van der Waals surface area contributed by atoms with Gasteiger partial charge in [0.15, 0.2) is 0 Å². The first-order chi connectivity index (χ1) is 20.5. The minimum absolute atomic E-state index is 0. The van der Waals surface area contributed by atoms with E-state index in [0.29, 0.717) is 0 Å². The van der Waals surface area contributed by atoms with Crippen LogP contribution in [0.3, 0.4) is 0 Å². The van der Waals surface area contributed by atoms with Crippen molar-refractivity contribution >= 4 is 16.8 Å². The third-order valence-corrected chi connectivity index (χ3v) is 8.97. The zero-order valence-corrected chi connectivity index (χ0v) is 30.3. The van der Waals surface area contributed by atoms with Crippen LogP contribution in [0.2, 0.25) is 0 Å². The van der Waals surface area contributed by atoms with Gasteiger partial charge in [0.25, 0.3) is 0 Å². The Balaban J connectivity index is 0.00000423. The molecule has 0 aliphatic heterocycles. The summed E-state index contributed by atoms with van der Waals surface area (Å²) in [5.41, 5.74) is 8.82. The van der Waals surface area contributed by atoms with Crippen LogP contribution in [-0.2, 0) is 5.41 Å². The molecule has 0 N–H and O–H groups in total. The van der Waals surface area contributed by atoms with Crippen molar-refractivity contribution in [2.45, 2.75) is 63.7 Å². The fraction of sp³-hybridized carbons (Fsp3) is 0.293. The summed E-state index contributed by atoms with van der Waals surface area (Å²) < 4.78 is 0. The molecule has 0 atom stereocenters. The molecule has 0 amide bonds. The molecular weight excluding hydrogens is 744 g/mol. The van der Waals surface area contributed by atoms with Crippen LogP contribution in [0.1, 0.15) is 75.0 Å². The van der Waals surface area contributed by atoms with Gasteiger partial charge in [-0.3, -0.25) is 0 Å². The molecule has 2 aliphatic carbocycles. The van der Waals surface area contributed by atoms with Crippen LogP contribution in [0.5, 0.6) is 0 Å². The molecule has 43 heavy (non-hydrogen) atoms. The summed E-state index contributed by atoms with van der Waals surface area (Å²) in [5.74, 6) is 1.07. The van der Waals surface area contributed by atoms with E-state index < -0.39 is 0 Å². The molecule has 1 saturated carbocycles. The number of rotatable bonds is 9. The van der Waals surface area contributed by atoms with Crippen molar-refractivity contribution in [1.29, 1.82) is 0 Å². The van der Waals surface area contributed by atoms with Gasteiger partial charge >= 0.3 is 31.1 Å². The zero-order chi connectivity index (χ0) is 29.5. The molecule has 216 valence electrons. The molecule has 0 aromatic heterocycles. The Hall–Kier alpha value is -3.10. The first kappa shape index (κ1) is 32.8. The van der Waals surface area contributed by atoms with Crippen LogP contribution >= 0.6 is 0 Å². The summed E-state index contributed by atoms with van der Waals surface area (Å²) in [7, 11) is 4.18. The van der Waals surface area contributed by atoms with Gasteiger partial charge in [0.1, 0.15) is 0 Å². The molecular formula is C41H43NU. The van der Waals surface area contributed by atoms with Gasteiger partial charge < -0.3 is 4.90 Å². The SMILES string of the molecule is C=C/C=C\C(=C)[C-](/C=C\c1[c-]c2ccccc2c2c1C1(CCCCCCC1)c1ccc#cc1-2)/C=C/C=C(\CC)N(C)C.[U+2]. The maximum absolute atomic E-state index is 4.39. The zero-order valence-electron chi connectivity index (χ0n) is 26.1. The largest absolute Gasteiger partial charge is 2.00 e. The maximum Gasteiger partial charge on any atom is 2.00 e. The van der Waals surface area contributed by atoms with Crippen molar-refractivity contribution in [3.8, 4) is 11.1 Å². The molecule has 3 aromatic rings. The van der Waals surface area contributed by atoms with Crippen molar-refractivity contribution in [1.82, 2.24) is 4.90 Å². The van der Waals surface area contributed by atoms with Crippen molar-refractivity contribution < 1.29 is 31.1 Å². The average molecular weight is 788 g/mol. The van der Waals surface area contributed by atoms with Crippen LogP contribution in [0, 0.1) is 55.2 Å². The molecule has 0 unspecified atom stereocenters. The van der Waals surface area contributed by atoms with Crippen LogP contribution in [0.4, 0.5) is 0 Å². The maximum atomic E-state index is 4.39. The van der Waals surface area contributed by atoms with Gasteiger partial charge in [-0.2, -0.15) is 6.58 Å². The number of benzene rings is 2. The molecule has 2 aliphatic rings. The van der Waals surface area contributed by atoms with Crippen LogP contribution in [0.25, 0.3) is 28.0 Å². The smallest absolute Gasteiger partial charge is 0.381 e. The summed E-state index contributed by atoms with van der Waals surface area (Å²) >= 11 is 0. The van der Waals surface area contributed by atoms with E-state index in [1.54, 1.807) is 6.08 Å². The van der Waals surface area contributed by atoms with Gasteiger partial charge in [0.2, 0.25) is 0 Å². The number of nitrogens with zero attached hydrogens (tertiary/aromatic N) is 1. The topological polar surface area (TPSA) is 3.24 Å². The predicted octanol–water partition coefficient (Wildman–Crippen LogP) is 10.5. The second-order valence-electron chi connectivity index (χ2n) is 11.7. The van der Waals surface area contributed by atoms with E-state index in [9.17, 15) is 0 Å². The summed E-state index contributed by atoms with van der Waals surface area (Å²) in [6.45, 7) is 10.4. The van der Waals surface area contributed by atoms with Gasteiger partial charge in [-0.25, -0.2) is 0 Å². The molecule has 1 nitrogen and oxygen atoms in total. The van der Waals surface area contributed by atoms with Gasteiger partial charge in [0, 0.05) is 25.4 Å². The number of allylic oxidation sites excluding steroid dienone is 9. The molecule has 0 heterocycles. The molecule has 2 heteroatoms. The summed E-state index contributed by atoms with van der Waals surface area (Å²) in [6.07, 6.45) is 26.5. The van der Waals surface area contributed by atoms with Crippen LogP contribution in [0.15, 0.2) is 103 Å². The van der Waals surface area contributed by atoms with E-state index in [0.717, 1.165) is 36.1 Å². The summed E-state index contributed by atoms with van der Waals surface area (Å²) in [4.78, 5) is 2.17. The monoisotopic (exact) mass is 787 g/mol. The Morgan fingerprint density at radius 2 is 1.79 bits per heavy atom. The van der Waals surface area contributed by atoms with E-state index in [1.165, 1.54) is 71.0 Å². The molecule has 0 radical (unpaired) electrons. The Kier molecular flexibility index (Phi) is 11.5. The van der Waals surface area contributed by atoms with Gasteiger partial charge in [0.05, 0.1) is 0 Å². The Morgan fingerprint density at radius 1 is 1.05 bits per heavy atom. The quantitative estimate of drug-likeness (QED) is 0.154. The summed E-state index contributed by atoms with van der Waals surface area (Å²) in [6, 6.07) is 23.8. The molecule has 0 saturated heterocycles. The number of hydrogen-bond donors (Lipinski definition) is 0. The van der Waals surface area contributed by atoms with Gasteiger partial charge in [-0.15, -0.1) is 59.0 Å². The van der Waals surface area contributed by atoms with Crippen molar-refractivity contribution in [2.75, 3.05) is 14.1 Å².